The van der Waals surface area contributed by atoms with Crippen LogP contribution in [0.4, 0.5) is 0 Å². The van der Waals surface area contributed by atoms with Crippen molar-refractivity contribution in [1.29, 1.82) is 0 Å². The predicted octanol–water partition coefficient (Wildman–Crippen LogP) is 2.62. The van der Waals surface area contributed by atoms with Crippen molar-refractivity contribution in [2.45, 2.75) is 6.42 Å². The van der Waals surface area contributed by atoms with Gasteiger partial charge in [-0.05, 0) is 42.1 Å². The van der Waals surface area contributed by atoms with Crippen molar-refractivity contribution in [3.8, 4) is 5.75 Å². The molecule has 4 aromatic rings. The Labute approximate surface area is 164 Å². The van der Waals surface area contributed by atoms with E-state index in [1.165, 1.54) is 6.07 Å². The Balaban J connectivity index is 1.49. The number of rotatable bonds is 5. The van der Waals surface area contributed by atoms with Crippen LogP contribution in [0.1, 0.15) is 15.9 Å². The lowest BCUT2D eigenvalue weighted by atomic mass is 10.1. The zero-order valence-corrected chi connectivity index (χ0v) is 15.7. The minimum absolute atomic E-state index is 0.0665. The summed E-state index contributed by atoms with van der Waals surface area (Å²) in [6.07, 6.45) is 0.321. The first-order valence-electron chi connectivity index (χ1n) is 9.06. The quantitative estimate of drug-likeness (QED) is 0.510. The maximum atomic E-state index is 12.4. The van der Waals surface area contributed by atoms with Gasteiger partial charge in [-0.15, -0.1) is 0 Å². The Bertz CT molecular complexity index is 1340. The number of nitrogens with one attached hydrogen (secondary N) is 2. The van der Waals surface area contributed by atoms with E-state index < -0.39 is 11.5 Å². The summed E-state index contributed by atoms with van der Waals surface area (Å²) in [7, 11) is 1.56. The molecule has 0 fully saturated rings. The van der Waals surface area contributed by atoms with E-state index in [0.717, 1.165) is 5.39 Å². The first kappa shape index (κ1) is 18.5. The number of methoxy groups -OCH3 is 1. The van der Waals surface area contributed by atoms with Gasteiger partial charge in [-0.2, -0.15) is 0 Å². The molecule has 7 heteroatoms. The van der Waals surface area contributed by atoms with Crippen LogP contribution in [-0.4, -0.2) is 24.5 Å². The number of para-hydroxylation sites is 1. The SMILES string of the molecule is COc1ccc2cc(CCNC(=O)c3cc4ccccc4oc3=O)c(=O)[nH]c2c1. The molecular weight excluding hydrogens is 372 g/mol. The molecule has 146 valence electrons. The Morgan fingerprint density at radius 1 is 1.07 bits per heavy atom. The highest BCUT2D eigenvalue weighted by molar-refractivity contribution is 5.96. The average molecular weight is 390 g/mol. The first-order valence-corrected chi connectivity index (χ1v) is 9.06. The molecule has 0 aliphatic carbocycles. The fraction of sp³-hybridized carbons (Fsp3) is 0.136. The van der Waals surface area contributed by atoms with Crippen LogP contribution >= 0.6 is 0 Å². The van der Waals surface area contributed by atoms with Gasteiger partial charge in [0.05, 0.1) is 12.6 Å². The van der Waals surface area contributed by atoms with Crippen molar-refractivity contribution in [3.63, 3.8) is 0 Å². The van der Waals surface area contributed by atoms with Crippen LogP contribution < -0.4 is 21.2 Å². The van der Waals surface area contributed by atoms with Gasteiger partial charge in [0, 0.05) is 23.6 Å². The average Bonchev–Trinajstić information content (AvgIpc) is 2.73. The number of hydrogen-bond donors (Lipinski definition) is 2. The van der Waals surface area contributed by atoms with Crippen LogP contribution in [-0.2, 0) is 6.42 Å². The summed E-state index contributed by atoms with van der Waals surface area (Å²) in [5, 5.41) is 4.20. The number of fused-ring (bicyclic) bond motifs is 2. The number of aromatic nitrogens is 1. The standard InChI is InChI=1S/C22H18N2O5/c1-28-16-7-6-13-10-15(20(25)24-18(13)12-16)8-9-23-21(26)17-11-14-4-2-3-5-19(14)29-22(17)27/h2-7,10-12H,8-9H2,1H3,(H,23,26)(H,24,25). The summed E-state index contributed by atoms with van der Waals surface area (Å²) in [6.45, 7) is 0.204. The number of aromatic amines is 1. The lowest BCUT2D eigenvalue weighted by molar-refractivity contribution is 0.0950. The molecular formula is C22H18N2O5. The number of pyridine rings is 1. The molecule has 1 amide bonds. The van der Waals surface area contributed by atoms with Crippen molar-refractivity contribution < 1.29 is 13.9 Å². The second kappa shape index (κ2) is 7.63. The molecule has 0 spiro atoms. The second-order valence-corrected chi connectivity index (χ2v) is 6.57. The molecule has 0 aliphatic heterocycles. The van der Waals surface area contributed by atoms with Crippen LogP contribution in [0.15, 0.2) is 68.6 Å². The van der Waals surface area contributed by atoms with Gasteiger partial charge in [0.25, 0.3) is 11.5 Å². The van der Waals surface area contributed by atoms with E-state index in [9.17, 15) is 14.4 Å². The predicted molar refractivity (Wildman–Crippen MR) is 110 cm³/mol. The van der Waals surface area contributed by atoms with Gasteiger partial charge < -0.3 is 19.5 Å². The Hall–Kier alpha value is -3.87. The van der Waals surface area contributed by atoms with Crippen molar-refractivity contribution in [3.05, 3.63) is 86.5 Å². The number of benzene rings is 2. The number of hydrogen-bond acceptors (Lipinski definition) is 5. The van der Waals surface area contributed by atoms with Crippen molar-refractivity contribution >= 4 is 27.8 Å². The van der Waals surface area contributed by atoms with Gasteiger partial charge >= 0.3 is 5.63 Å². The molecule has 0 atom stereocenters. The third-order valence-corrected chi connectivity index (χ3v) is 4.70. The summed E-state index contributed by atoms with van der Waals surface area (Å²) >= 11 is 0. The molecule has 29 heavy (non-hydrogen) atoms. The molecule has 4 rings (SSSR count). The zero-order valence-electron chi connectivity index (χ0n) is 15.7. The minimum Gasteiger partial charge on any atom is -0.497 e. The van der Waals surface area contributed by atoms with Crippen LogP contribution in [0.3, 0.4) is 0 Å². The molecule has 2 N–H and O–H groups in total. The topological polar surface area (TPSA) is 101 Å². The highest BCUT2D eigenvalue weighted by atomic mass is 16.5. The third kappa shape index (κ3) is 3.75. The molecule has 2 heterocycles. The molecule has 0 aliphatic rings. The number of carbonyl (C=O) groups is 1. The number of amides is 1. The van der Waals surface area contributed by atoms with Gasteiger partial charge in [0.1, 0.15) is 16.9 Å². The molecule has 0 saturated carbocycles. The Morgan fingerprint density at radius 2 is 1.90 bits per heavy atom. The van der Waals surface area contributed by atoms with Crippen LogP contribution in [0, 0.1) is 0 Å². The van der Waals surface area contributed by atoms with Crippen molar-refractivity contribution in [1.82, 2.24) is 10.3 Å². The van der Waals surface area contributed by atoms with Crippen LogP contribution in [0.2, 0.25) is 0 Å². The summed E-state index contributed by atoms with van der Waals surface area (Å²) < 4.78 is 10.3. The van der Waals surface area contributed by atoms with E-state index in [-0.39, 0.29) is 17.7 Å². The zero-order chi connectivity index (χ0) is 20.4. The number of ether oxygens (including phenoxy) is 1. The molecule has 0 radical (unpaired) electrons. The van der Waals surface area contributed by atoms with E-state index in [1.807, 2.05) is 12.1 Å². The first-order chi connectivity index (χ1) is 14.0. The van der Waals surface area contributed by atoms with Crippen molar-refractivity contribution in [2.75, 3.05) is 13.7 Å². The van der Waals surface area contributed by atoms with Gasteiger partial charge in [0.2, 0.25) is 0 Å². The van der Waals surface area contributed by atoms with Crippen molar-refractivity contribution in [2.24, 2.45) is 0 Å². The fourth-order valence-corrected chi connectivity index (χ4v) is 3.16. The fourth-order valence-electron chi connectivity index (χ4n) is 3.16. The van der Waals surface area contributed by atoms with Gasteiger partial charge in [0.15, 0.2) is 0 Å². The number of H-pyrrole nitrogens is 1. The monoisotopic (exact) mass is 390 g/mol. The highest BCUT2D eigenvalue weighted by Crippen LogP contribution is 2.18. The second-order valence-electron chi connectivity index (χ2n) is 6.57. The third-order valence-electron chi connectivity index (χ3n) is 4.70. The Kier molecular flexibility index (Phi) is 4.87. The normalized spacial score (nSPS) is 10.9. The van der Waals surface area contributed by atoms with E-state index in [0.29, 0.717) is 34.2 Å². The van der Waals surface area contributed by atoms with E-state index in [2.05, 4.69) is 10.3 Å². The summed E-state index contributed by atoms with van der Waals surface area (Å²) in [5.74, 6) is 0.119. The molecule has 0 unspecified atom stereocenters. The minimum atomic E-state index is -0.696. The molecule has 2 aromatic carbocycles. The number of carbonyl (C=O) groups excluding carboxylic acids is 1. The van der Waals surface area contributed by atoms with E-state index >= 15 is 0 Å². The maximum absolute atomic E-state index is 12.4. The lowest BCUT2D eigenvalue weighted by Gasteiger charge is -2.07. The summed E-state index contributed by atoms with van der Waals surface area (Å²) in [4.78, 5) is 39.6. The molecule has 7 nitrogen and oxygen atoms in total. The lowest BCUT2D eigenvalue weighted by Crippen LogP contribution is -2.30. The van der Waals surface area contributed by atoms with E-state index in [4.69, 9.17) is 9.15 Å². The smallest absolute Gasteiger partial charge is 0.349 e. The van der Waals surface area contributed by atoms with Gasteiger partial charge in [-0.25, -0.2) is 4.79 Å². The molecule has 2 aromatic heterocycles. The summed E-state index contributed by atoms with van der Waals surface area (Å²) in [5.41, 5.74) is 0.643. The Morgan fingerprint density at radius 3 is 2.72 bits per heavy atom. The largest absolute Gasteiger partial charge is 0.497 e. The highest BCUT2D eigenvalue weighted by Gasteiger charge is 2.13. The summed E-state index contributed by atoms with van der Waals surface area (Å²) in [6, 6.07) is 15.7. The van der Waals surface area contributed by atoms with Crippen LogP contribution in [0.5, 0.6) is 5.75 Å². The van der Waals surface area contributed by atoms with Gasteiger partial charge in [-0.3, -0.25) is 9.59 Å². The van der Waals surface area contributed by atoms with Gasteiger partial charge in [-0.1, -0.05) is 18.2 Å². The molecule has 0 bridgehead atoms. The van der Waals surface area contributed by atoms with E-state index in [1.54, 1.807) is 43.5 Å². The molecule has 0 saturated heterocycles. The van der Waals surface area contributed by atoms with Crippen LogP contribution in [0.25, 0.3) is 21.9 Å². The maximum Gasteiger partial charge on any atom is 0.349 e.